The molecule has 0 fully saturated rings. The van der Waals surface area contributed by atoms with Gasteiger partial charge in [-0.1, -0.05) is 39.8 Å². The van der Waals surface area contributed by atoms with E-state index in [9.17, 15) is 0 Å². The maximum Gasteiger partial charge on any atom is 0.123 e. The van der Waals surface area contributed by atoms with Crippen LogP contribution in [0.1, 0.15) is 45.0 Å². The number of hydrogen-bond donors (Lipinski definition) is 1. The third-order valence-electron chi connectivity index (χ3n) is 4.61. The van der Waals surface area contributed by atoms with E-state index in [0.717, 1.165) is 42.3 Å². The van der Waals surface area contributed by atoms with Crippen LogP contribution in [0.3, 0.4) is 0 Å². The average Bonchev–Trinajstić information content (AvgIpc) is 2.99. The van der Waals surface area contributed by atoms with Gasteiger partial charge in [0, 0.05) is 24.6 Å². The number of H-pyrrole nitrogens is 1. The zero-order valence-electron chi connectivity index (χ0n) is 16.5. The van der Waals surface area contributed by atoms with Crippen molar-refractivity contribution in [3.05, 3.63) is 47.8 Å². The van der Waals surface area contributed by atoms with Crippen molar-refractivity contribution in [2.75, 3.05) is 20.2 Å². The quantitative estimate of drug-likeness (QED) is 0.689. The molecular formula is C22H29N3O. The molecule has 4 rings (SSSR count). The van der Waals surface area contributed by atoms with Gasteiger partial charge >= 0.3 is 0 Å². The van der Waals surface area contributed by atoms with E-state index in [0.29, 0.717) is 5.92 Å². The molecule has 0 spiro atoms. The first-order chi connectivity index (χ1) is 12.6. The lowest BCUT2D eigenvalue weighted by atomic mass is 10.0. The molecule has 1 aliphatic rings. The fraction of sp³-hybridized carbons (Fsp3) is 0.409. The van der Waals surface area contributed by atoms with Gasteiger partial charge in [0.25, 0.3) is 0 Å². The molecule has 0 radical (unpaired) electrons. The van der Waals surface area contributed by atoms with E-state index in [2.05, 4.69) is 72.2 Å². The topological polar surface area (TPSA) is 41.2 Å². The highest BCUT2D eigenvalue weighted by Gasteiger charge is 2.14. The van der Waals surface area contributed by atoms with Crippen molar-refractivity contribution in [2.24, 2.45) is 0 Å². The lowest BCUT2D eigenvalue weighted by Crippen LogP contribution is -2.20. The summed E-state index contributed by atoms with van der Waals surface area (Å²) in [5, 5.41) is 0. The minimum Gasteiger partial charge on any atom is -0.492 e. The van der Waals surface area contributed by atoms with E-state index in [4.69, 9.17) is 4.74 Å². The molecule has 1 aromatic heterocycles. The molecule has 0 atom stereocenters. The van der Waals surface area contributed by atoms with Crippen molar-refractivity contribution in [3.8, 4) is 16.9 Å². The number of aromatic nitrogens is 2. The minimum absolute atomic E-state index is 0.404. The number of imidazole rings is 1. The normalized spacial score (nSPS) is 14.4. The zero-order valence-corrected chi connectivity index (χ0v) is 16.5. The van der Waals surface area contributed by atoms with E-state index in [-0.39, 0.29) is 0 Å². The number of likely N-dealkylation sites (N-methyl/N-ethyl adjacent to an activating group) is 1. The molecule has 0 aliphatic carbocycles. The summed E-state index contributed by atoms with van der Waals surface area (Å²) in [5.74, 6) is 2.45. The number of ether oxygens (including phenoxy) is 1. The van der Waals surface area contributed by atoms with Crippen molar-refractivity contribution >= 4 is 11.0 Å². The molecule has 0 amide bonds. The van der Waals surface area contributed by atoms with Gasteiger partial charge in [-0.2, -0.15) is 0 Å². The predicted octanol–water partition coefficient (Wildman–Crippen LogP) is 5.20. The molecule has 1 N–H and O–H groups in total. The summed E-state index contributed by atoms with van der Waals surface area (Å²) in [6, 6.07) is 12.9. The predicted molar refractivity (Wildman–Crippen MR) is 109 cm³/mol. The first-order valence-electron chi connectivity index (χ1n) is 9.54. The fourth-order valence-electron chi connectivity index (χ4n) is 3.19. The van der Waals surface area contributed by atoms with Gasteiger partial charge in [0.05, 0.1) is 11.0 Å². The van der Waals surface area contributed by atoms with Crippen LogP contribution in [0.4, 0.5) is 0 Å². The summed E-state index contributed by atoms with van der Waals surface area (Å²) in [5.41, 5.74) is 5.80. The van der Waals surface area contributed by atoms with Gasteiger partial charge in [-0.15, -0.1) is 0 Å². The lowest BCUT2D eigenvalue weighted by Gasteiger charge is -2.12. The van der Waals surface area contributed by atoms with Crippen LogP contribution in [-0.2, 0) is 6.54 Å². The largest absolute Gasteiger partial charge is 0.492 e. The second-order valence-electron chi connectivity index (χ2n) is 6.92. The highest BCUT2D eigenvalue weighted by molar-refractivity contribution is 5.82. The van der Waals surface area contributed by atoms with Crippen molar-refractivity contribution in [2.45, 2.75) is 40.2 Å². The van der Waals surface area contributed by atoms with Gasteiger partial charge in [-0.3, -0.25) is 4.90 Å². The Hall–Kier alpha value is -2.33. The molecule has 2 aromatic carbocycles. The minimum atomic E-state index is 0.404. The third kappa shape index (κ3) is 3.75. The Bertz CT molecular complexity index is 882. The second kappa shape index (κ2) is 7.92. The van der Waals surface area contributed by atoms with E-state index < -0.39 is 0 Å². The van der Waals surface area contributed by atoms with Crippen molar-refractivity contribution in [3.63, 3.8) is 0 Å². The molecule has 4 nitrogen and oxygen atoms in total. The number of nitrogens with one attached hydrogen (secondary N) is 1. The molecule has 0 saturated carbocycles. The van der Waals surface area contributed by atoms with Gasteiger partial charge in [-0.05, 0) is 42.4 Å². The van der Waals surface area contributed by atoms with Crippen LogP contribution in [0.2, 0.25) is 0 Å². The van der Waals surface area contributed by atoms with E-state index >= 15 is 0 Å². The molecule has 1 aliphatic heterocycles. The van der Waals surface area contributed by atoms with Crippen molar-refractivity contribution < 1.29 is 4.74 Å². The first kappa shape index (κ1) is 18.5. The number of benzene rings is 2. The first-order valence-corrected chi connectivity index (χ1v) is 9.54. The Morgan fingerprint density at radius 3 is 2.58 bits per heavy atom. The summed E-state index contributed by atoms with van der Waals surface area (Å²) in [6.45, 7) is 10.9. The Balaban J connectivity index is 0.000000948. The maximum atomic E-state index is 5.85. The van der Waals surface area contributed by atoms with Gasteiger partial charge in [0.15, 0.2) is 0 Å². The fourth-order valence-corrected chi connectivity index (χ4v) is 3.19. The van der Waals surface area contributed by atoms with Gasteiger partial charge < -0.3 is 9.72 Å². The standard InChI is InChI=1S/C20H23N3O.C2H6/c1-13(2)20-21-17-6-4-15(11-18(17)22-20)14-5-7-19-16(10-14)12-23(3)8-9-24-19;1-2/h4-7,10-11,13H,8-9,12H2,1-3H3,(H,21,22);1-2H3. The molecule has 0 unspecified atom stereocenters. The number of fused-ring (bicyclic) bond motifs is 2. The van der Waals surface area contributed by atoms with Crippen LogP contribution in [0.15, 0.2) is 36.4 Å². The maximum absolute atomic E-state index is 5.85. The van der Waals surface area contributed by atoms with Gasteiger partial charge in [0.2, 0.25) is 0 Å². The van der Waals surface area contributed by atoms with Crippen LogP contribution in [0.5, 0.6) is 5.75 Å². The van der Waals surface area contributed by atoms with Gasteiger partial charge in [-0.25, -0.2) is 4.98 Å². The van der Waals surface area contributed by atoms with Crippen molar-refractivity contribution in [1.82, 2.24) is 14.9 Å². The van der Waals surface area contributed by atoms with Crippen molar-refractivity contribution in [1.29, 1.82) is 0 Å². The molecule has 0 bridgehead atoms. The number of rotatable bonds is 2. The summed E-state index contributed by atoms with van der Waals surface area (Å²) in [6.07, 6.45) is 0. The summed E-state index contributed by atoms with van der Waals surface area (Å²) < 4.78 is 5.85. The lowest BCUT2D eigenvalue weighted by molar-refractivity contribution is 0.259. The molecule has 138 valence electrons. The molecule has 26 heavy (non-hydrogen) atoms. The van der Waals surface area contributed by atoms with Crippen LogP contribution in [0.25, 0.3) is 22.2 Å². The van der Waals surface area contributed by atoms with E-state index in [1.165, 1.54) is 16.7 Å². The Morgan fingerprint density at radius 2 is 1.81 bits per heavy atom. The summed E-state index contributed by atoms with van der Waals surface area (Å²) >= 11 is 0. The molecule has 4 heteroatoms. The highest BCUT2D eigenvalue weighted by atomic mass is 16.5. The monoisotopic (exact) mass is 351 g/mol. The van der Waals surface area contributed by atoms with Crippen LogP contribution in [0, 0.1) is 0 Å². The Labute approximate surface area is 156 Å². The van der Waals surface area contributed by atoms with Crippen LogP contribution >= 0.6 is 0 Å². The Kier molecular flexibility index (Phi) is 5.62. The number of nitrogens with zero attached hydrogens (tertiary/aromatic N) is 2. The van der Waals surface area contributed by atoms with Crippen LogP contribution in [-0.4, -0.2) is 35.1 Å². The Morgan fingerprint density at radius 1 is 1.08 bits per heavy atom. The molecular weight excluding hydrogens is 322 g/mol. The summed E-state index contributed by atoms with van der Waals surface area (Å²) in [7, 11) is 2.13. The van der Waals surface area contributed by atoms with Crippen LogP contribution < -0.4 is 4.74 Å². The average molecular weight is 351 g/mol. The highest BCUT2D eigenvalue weighted by Crippen LogP contribution is 2.30. The number of aromatic amines is 1. The second-order valence-corrected chi connectivity index (χ2v) is 6.92. The molecule has 0 saturated heterocycles. The summed E-state index contributed by atoms with van der Waals surface area (Å²) in [4.78, 5) is 10.4. The zero-order chi connectivity index (χ0) is 18.7. The molecule has 3 aromatic rings. The smallest absolute Gasteiger partial charge is 0.123 e. The third-order valence-corrected chi connectivity index (χ3v) is 4.61. The number of hydrogen-bond acceptors (Lipinski definition) is 3. The van der Waals surface area contributed by atoms with E-state index in [1.807, 2.05) is 13.8 Å². The van der Waals surface area contributed by atoms with E-state index in [1.54, 1.807) is 0 Å². The molecule has 2 heterocycles. The van der Waals surface area contributed by atoms with Gasteiger partial charge in [0.1, 0.15) is 18.2 Å². The SMILES string of the molecule is CC.CC(C)c1nc2ccc(-c3ccc4c(c3)CN(C)CCO4)cc2[nH]1.